The molecular formula is C34H47ClN6O9. The van der Waals surface area contributed by atoms with Gasteiger partial charge in [0.1, 0.15) is 12.4 Å². The van der Waals surface area contributed by atoms with Gasteiger partial charge in [0.2, 0.25) is 11.2 Å². The van der Waals surface area contributed by atoms with Crippen LogP contribution in [-0.2, 0) is 34.9 Å². The maximum atomic E-state index is 13.4. The summed E-state index contributed by atoms with van der Waals surface area (Å²) in [5.74, 6) is 0.909. The first-order valence-corrected chi connectivity index (χ1v) is 16.9. The Morgan fingerprint density at radius 1 is 1.06 bits per heavy atom. The number of anilines is 1. The second-order valence-corrected chi connectivity index (χ2v) is 12.5. The fraction of sp³-hybridized carbons (Fsp3) is 0.588. The highest BCUT2D eigenvalue weighted by Gasteiger charge is 2.38. The van der Waals surface area contributed by atoms with Gasteiger partial charge >= 0.3 is 0 Å². The average Bonchev–Trinajstić information content (AvgIpc) is 3.81. The first-order valence-electron chi connectivity index (χ1n) is 16.6. The van der Waals surface area contributed by atoms with Crippen molar-refractivity contribution in [2.45, 2.75) is 57.3 Å². The maximum absolute atomic E-state index is 13.4. The number of nitrogens with zero attached hydrogens (tertiary/aromatic N) is 4. The second-order valence-electron chi connectivity index (χ2n) is 12.2. The zero-order valence-electron chi connectivity index (χ0n) is 28.4. The van der Waals surface area contributed by atoms with E-state index in [0.717, 1.165) is 17.5 Å². The molecule has 1 fully saturated rings. The van der Waals surface area contributed by atoms with Crippen LogP contribution in [0, 0.1) is 18.3 Å². The van der Waals surface area contributed by atoms with Crippen molar-refractivity contribution in [2.24, 2.45) is 5.92 Å². The number of aliphatic hydroxyl groups excluding tert-OH is 1. The summed E-state index contributed by atoms with van der Waals surface area (Å²) in [6, 6.07) is 7.64. The number of rotatable bonds is 18. The standard InChI is InChI=1S/C31H39ClN6O7.C3H8O2/c1-2-10-41-12-14-43-16-17-44-15-13-42-11-9-33-30(40)24-18-21-5-3-4-6-23(21)27(24)35-28-25-19-34-38(29(25)37-31(32)36-28)26-8-7-22(20-39)45-26;1-3(2,4)5/h1,3-6,19,22,24,26-27,39H,7-18,20H2,(H,33,40)(H,35,36,37);4-5H,1-2H3. The number of carbonyl (C=O) groups is 1. The summed E-state index contributed by atoms with van der Waals surface area (Å²) in [5.41, 5.74) is 2.64. The van der Waals surface area contributed by atoms with Crippen LogP contribution < -0.4 is 10.6 Å². The number of aliphatic hydroxyl groups is 3. The Kier molecular flexibility index (Phi) is 15.6. The van der Waals surface area contributed by atoms with Crippen LogP contribution in [0.3, 0.4) is 0 Å². The van der Waals surface area contributed by atoms with Gasteiger partial charge in [0.05, 0.1) is 82.5 Å². The third-order valence-corrected chi connectivity index (χ3v) is 7.87. The molecule has 0 spiro atoms. The van der Waals surface area contributed by atoms with Crippen LogP contribution in [0.15, 0.2) is 30.5 Å². The predicted molar refractivity (Wildman–Crippen MR) is 184 cm³/mol. The van der Waals surface area contributed by atoms with E-state index in [0.29, 0.717) is 82.5 Å². The molecule has 15 nitrogen and oxygen atoms in total. The van der Waals surface area contributed by atoms with Crippen molar-refractivity contribution in [1.29, 1.82) is 0 Å². The summed E-state index contributed by atoms with van der Waals surface area (Å²) >= 11 is 6.37. The lowest BCUT2D eigenvalue weighted by atomic mass is 9.99. The van der Waals surface area contributed by atoms with E-state index in [-0.39, 0.29) is 48.7 Å². The molecule has 4 unspecified atom stereocenters. The number of terminal acetylenes is 1. The molecule has 3 aromatic rings. The van der Waals surface area contributed by atoms with Gasteiger partial charge in [-0.1, -0.05) is 30.2 Å². The molecule has 0 saturated carbocycles. The second kappa shape index (κ2) is 19.8. The van der Waals surface area contributed by atoms with Crippen molar-refractivity contribution in [3.63, 3.8) is 0 Å². The molecule has 0 radical (unpaired) electrons. The van der Waals surface area contributed by atoms with Crippen LogP contribution in [0.1, 0.15) is 50.1 Å². The largest absolute Gasteiger partial charge is 0.394 e. The van der Waals surface area contributed by atoms with Crippen molar-refractivity contribution in [2.75, 3.05) is 71.3 Å². The van der Waals surface area contributed by atoms with Gasteiger partial charge in [-0.2, -0.15) is 15.1 Å². The van der Waals surface area contributed by atoms with E-state index in [1.54, 1.807) is 10.9 Å². The van der Waals surface area contributed by atoms with E-state index >= 15 is 0 Å². The van der Waals surface area contributed by atoms with Gasteiger partial charge in [0.15, 0.2) is 17.7 Å². The van der Waals surface area contributed by atoms with Crippen molar-refractivity contribution in [3.05, 3.63) is 46.9 Å². The van der Waals surface area contributed by atoms with Gasteiger partial charge in [0, 0.05) is 6.54 Å². The molecule has 5 N–H and O–H groups in total. The molecular weight excluding hydrogens is 672 g/mol. The number of ether oxygens (including phenoxy) is 5. The lowest BCUT2D eigenvalue weighted by Gasteiger charge is -2.22. The fourth-order valence-electron chi connectivity index (χ4n) is 5.55. The minimum absolute atomic E-state index is 0.0503. The Morgan fingerprint density at radius 3 is 2.38 bits per heavy atom. The molecule has 16 heteroatoms. The van der Waals surface area contributed by atoms with Crippen molar-refractivity contribution < 1.29 is 43.8 Å². The number of aromatic nitrogens is 4. The molecule has 3 heterocycles. The van der Waals surface area contributed by atoms with Crippen molar-refractivity contribution in [3.8, 4) is 12.3 Å². The van der Waals surface area contributed by atoms with E-state index in [4.69, 9.17) is 51.9 Å². The quantitative estimate of drug-likeness (QED) is 0.0556. The summed E-state index contributed by atoms with van der Waals surface area (Å²) in [5, 5.41) is 37.4. The molecule has 274 valence electrons. The monoisotopic (exact) mass is 718 g/mol. The van der Waals surface area contributed by atoms with E-state index < -0.39 is 5.79 Å². The number of benzene rings is 1. The van der Waals surface area contributed by atoms with Crippen molar-refractivity contribution >= 4 is 34.4 Å². The fourth-order valence-corrected chi connectivity index (χ4v) is 5.72. The van der Waals surface area contributed by atoms with Crippen LogP contribution in [0.4, 0.5) is 5.82 Å². The summed E-state index contributed by atoms with van der Waals surface area (Å²) in [6.07, 6.45) is 8.18. The summed E-state index contributed by atoms with van der Waals surface area (Å²) < 4.78 is 29.2. The summed E-state index contributed by atoms with van der Waals surface area (Å²) in [4.78, 5) is 22.3. The number of amides is 1. The Bertz CT molecular complexity index is 1540. The molecule has 50 heavy (non-hydrogen) atoms. The zero-order valence-corrected chi connectivity index (χ0v) is 29.2. The summed E-state index contributed by atoms with van der Waals surface area (Å²) in [7, 11) is 0. The van der Waals surface area contributed by atoms with Crippen LogP contribution >= 0.6 is 11.6 Å². The van der Waals surface area contributed by atoms with Gasteiger partial charge in [0.25, 0.3) is 0 Å². The first-order chi connectivity index (χ1) is 24.1. The van der Waals surface area contributed by atoms with Crippen molar-refractivity contribution in [1.82, 2.24) is 25.1 Å². The molecule has 1 saturated heterocycles. The molecule has 0 bridgehead atoms. The highest BCUT2D eigenvalue weighted by atomic mass is 35.5. The van der Waals surface area contributed by atoms with Gasteiger partial charge < -0.3 is 49.6 Å². The van der Waals surface area contributed by atoms with Crippen LogP contribution in [0.25, 0.3) is 11.0 Å². The van der Waals surface area contributed by atoms with E-state index in [9.17, 15) is 9.90 Å². The number of nitrogens with one attached hydrogen (secondary N) is 2. The molecule has 5 rings (SSSR count). The van der Waals surface area contributed by atoms with Gasteiger partial charge in [-0.3, -0.25) is 4.79 Å². The van der Waals surface area contributed by atoms with Gasteiger partial charge in [-0.25, -0.2) is 4.68 Å². The number of hydrogen-bond donors (Lipinski definition) is 5. The van der Waals surface area contributed by atoms with Crippen LogP contribution in [0.2, 0.25) is 5.28 Å². The Morgan fingerprint density at radius 2 is 1.72 bits per heavy atom. The first kappa shape index (κ1) is 39.4. The number of halogens is 1. The Balaban J connectivity index is 0.00000105. The highest BCUT2D eigenvalue weighted by Crippen LogP contribution is 2.40. The lowest BCUT2D eigenvalue weighted by molar-refractivity contribution is -0.127. The number of hydrogen-bond acceptors (Lipinski definition) is 13. The third kappa shape index (κ3) is 12.1. The molecule has 2 aliphatic rings. The van der Waals surface area contributed by atoms with Crippen LogP contribution in [-0.4, -0.2) is 119 Å². The molecule has 1 aliphatic carbocycles. The molecule has 4 atom stereocenters. The Hall–Kier alpha value is -3.43. The molecule has 1 amide bonds. The summed E-state index contributed by atoms with van der Waals surface area (Å²) in [6.45, 7) is 6.22. The SMILES string of the molecule is C#CCOCCOCCOCCOCCNC(=O)C1Cc2ccccc2C1Nc1nc(Cl)nc2c1cnn2C1CCC(CO)O1.CC(C)(O)O. The van der Waals surface area contributed by atoms with E-state index in [2.05, 4.69) is 31.6 Å². The third-order valence-electron chi connectivity index (χ3n) is 7.70. The number of fused-ring (bicyclic) bond motifs is 2. The number of carbonyl (C=O) groups excluding carboxylic acids is 1. The van der Waals surface area contributed by atoms with E-state index in [1.807, 2.05) is 24.3 Å². The lowest BCUT2D eigenvalue weighted by Crippen LogP contribution is -2.37. The smallest absolute Gasteiger partial charge is 0.226 e. The maximum Gasteiger partial charge on any atom is 0.226 e. The zero-order chi connectivity index (χ0) is 35.9. The normalized spacial score (nSPS) is 19.9. The molecule has 2 aromatic heterocycles. The minimum atomic E-state index is -1.50. The average molecular weight is 719 g/mol. The minimum Gasteiger partial charge on any atom is -0.394 e. The predicted octanol–water partition coefficient (Wildman–Crippen LogP) is 2.00. The highest BCUT2D eigenvalue weighted by molar-refractivity contribution is 6.28. The molecule has 1 aromatic carbocycles. The Labute approximate surface area is 296 Å². The van der Waals surface area contributed by atoms with Crippen LogP contribution in [0.5, 0.6) is 0 Å². The van der Waals surface area contributed by atoms with Gasteiger partial charge in [-0.05, 0) is 55.8 Å². The topological polar surface area (TPSA) is 192 Å². The van der Waals surface area contributed by atoms with E-state index in [1.165, 1.54) is 13.8 Å². The molecule has 1 aliphatic heterocycles. The van der Waals surface area contributed by atoms with Gasteiger partial charge in [-0.15, -0.1) is 6.42 Å².